The number of amides is 2. The van der Waals surface area contributed by atoms with E-state index in [1.165, 1.54) is 12.8 Å². The Bertz CT molecular complexity index is 668. The lowest BCUT2D eigenvalue weighted by molar-refractivity contribution is -0.139. The molecule has 2 heterocycles. The maximum absolute atomic E-state index is 12.8. The summed E-state index contributed by atoms with van der Waals surface area (Å²) in [4.78, 5) is 29.1. The number of carbonyl (C=O) groups excluding carboxylic acids is 2. The largest absolute Gasteiger partial charge is 0.508 e. The molecular formula is C20H26N2O3. The lowest BCUT2D eigenvalue weighted by atomic mass is 9.73. The van der Waals surface area contributed by atoms with Gasteiger partial charge in [-0.25, -0.2) is 0 Å². The van der Waals surface area contributed by atoms with E-state index in [1.807, 2.05) is 4.90 Å². The molecule has 0 unspecified atom stereocenters. The first kappa shape index (κ1) is 16.4. The van der Waals surface area contributed by atoms with Crippen LogP contribution in [0.4, 0.5) is 0 Å². The van der Waals surface area contributed by atoms with Gasteiger partial charge < -0.3 is 14.9 Å². The van der Waals surface area contributed by atoms with E-state index in [1.54, 1.807) is 24.3 Å². The Hall–Kier alpha value is -2.04. The van der Waals surface area contributed by atoms with Gasteiger partial charge in [0.05, 0.1) is 0 Å². The highest BCUT2D eigenvalue weighted by atomic mass is 16.3. The Morgan fingerprint density at radius 1 is 1.16 bits per heavy atom. The topological polar surface area (TPSA) is 60.9 Å². The molecule has 0 bridgehead atoms. The quantitative estimate of drug-likeness (QED) is 0.919. The standard InChI is InChI=1S/C20H26N2O3/c23-17-6-4-16(5-7-17)19(25)21-11-1-9-20(13-21)10-8-18(24)22(14-20)12-15-2-3-15/h4-7,15,23H,1-3,8-14H2/t20-/m1/s1. The van der Waals surface area contributed by atoms with E-state index in [-0.39, 0.29) is 17.1 Å². The van der Waals surface area contributed by atoms with Gasteiger partial charge in [-0.2, -0.15) is 0 Å². The van der Waals surface area contributed by atoms with Crippen LogP contribution in [-0.2, 0) is 4.79 Å². The zero-order valence-electron chi connectivity index (χ0n) is 14.6. The minimum atomic E-state index is 0.0321. The number of aromatic hydroxyl groups is 1. The van der Waals surface area contributed by atoms with Crippen molar-refractivity contribution < 1.29 is 14.7 Å². The van der Waals surface area contributed by atoms with Crippen molar-refractivity contribution in [1.82, 2.24) is 9.80 Å². The molecular weight excluding hydrogens is 316 g/mol. The van der Waals surface area contributed by atoms with Crippen molar-refractivity contribution in [2.75, 3.05) is 26.2 Å². The molecule has 2 amide bonds. The van der Waals surface area contributed by atoms with E-state index >= 15 is 0 Å². The molecule has 1 N–H and O–H groups in total. The first-order valence-electron chi connectivity index (χ1n) is 9.41. The van der Waals surface area contributed by atoms with Crippen LogP contribution in [0.5, 0.6) is 5.75 Å². The molecule has 5 nitrogen and oxygen atoms in total. The van der Waals surface area contributed by atoms with Crippen LogP contribution in [0.15, 0.2) is 24.3 Å². The fourth-order valence-corrected chi connectivity index (χ4v) is 4.38. The molecule has 134 valence electrons. The third-order valence-corrected chi connectivity index (χ3v) is 5.99. The Kier molecular flexibility index (Phi) is 4.18. The van der Waals surface area contributed by atoms with Crippen LogP contribution in [0.1, 0.15) is 48.9 Å². The molecule has 3 aliphatic rings. The van der Waals surface area contributed by atoms with E-state index < -0.39 is 0 Å². The van der Waals surface area contributed by atoms with E-state index in [4.69, 9.17) is 0 Å². The summed E-state index contributed by atoms with van der Waals surface area (Å²) < 4.78 is 0. The molecule has 25 heavy (non-hydrogen) atoms. The highest BCUT2D eigenvalue weighted by Crippen LogP contribution is 2.41. The second kappa shape index (κ2) is 6.36. The number of phenolic OH excluding ortho intramolecular Hbond substituents is 1. The normalized spacial score (nSPS) is 27.0. The van der Waals surface area contributed by atoms with E-state index in [9.17, 15) is 14.7 Å². The molecule has 2 aliphatic heterocycles. The molecule has 4 rings (SSSR count). The van der Waals surface area contributed by atoms with Gasteiger partial charge in [-0.15, -0.1) is 0 Å². The lowest BCUT2D eigenvalue weighted by Gasteiger charge is -2.48. The minimum absolute atomic E-state index is 0.0321. The zero-order chi connectivity index (χ0) is 17.4. The second-order valence-corrected chi connectivity index (χ2v) is 8.09. The molecule has 1 spiro atoms. The number of carbonyl (C=O) groups is 2. The van der Waals surface area contributed by atoms with Crippen LogP contribution in [0.3, 0.4) is 0 Å². The van der Waals surface area contributed by atoms with Crippen molar-refractivity contribution >= 4 is 11.8 Å². The number of piperidine rings is 2. The van der Waals surface area contributed by atoms with Crippen LogP contribution in [0, 0.1) is 11.3 Å². The van der Waals surface area contributed by atoms with Crippen LogP contribution >= 0.6 is 0 Å². The first-order chi connectivity index (χ1) is 12.0. The van der Waals surface area contributed by atoms with Crippen molar-refractivity contribution in [3.8, 4) is 5.75 Å². The summed E-state index contributed by atoms with van der Waals surface area (Å²) in [6.07, 6.45) is 6.11. The summed E-state index contributed by atoms with van der Waals surface area (Å²) in [5, 5.41) is 9.42. The van der Waals surface area contributed by atoms with Crippen LogP contribution in [0.2, 0.25) is 0 Å². The first-order valence-corrected chi connectivity index (χ1v) is 9.41. The molecule has 1 atom stereocenters. The fraction of sp³-hybridized carbons (Fsp3) is 0.600. The number of nitrogens with zero attached hydrogens (tertiary/aromatic N) is 2. The highest BCUT2D eigenvalue weighted by molar-refractivity contribution is 5.94. The monoisotopic (exact) mass is 342 g/mol. The molecule has 0 aromatic heterocycles. The van der Waals surface area contributed by atoms with Crippen LogP contribution < -0.4 is 0 Å². The Labute approximate surface area is 148 Å². The van der Waals surface area contributed by atoms with E-state index in [0.717, 1.165) is 45.4 Å². The number of rotatable bonds is 3. The summed E-state index contributed by atoms with van der Waals surface area (Å²) in [7, 11) is 0. The molecule has 1 aromatic rings. The summed E-state index contributed by atoms with van der Waals surface area (Å²) in [6, 6.07) is 6.48. The van der Waals surface area contributed by atoms with Crippen LogP contribution in [-0.4, -0.2) is 52.9 Å². The van der Waals surface area contributed by atoms with Gasteiger partial charge in [0.15, 0.2) is 0 Å². The molecule has 1 aliphatic carbocycles. The number of phenols is 1. The molecule has 1 aromatic carbocycles. The second-order valence-electron chi connectivity index (χ2n) is 8.09. The number of hydrogen-bond donors (Lipinski definition) is 1. The number of benzene rings is 1. The summed E-state index contributed by atoms with van der Waals surface area (Å²) in [5.74, 6) is 1.20. The highest BCUT2D eigenvalue weighted by Gasteiger charge is 2.43. The van der Waals surface area contributed by atoms with Crippen molar-refractivity contribution in [2.24, 2.45) is 11.3 Å². The van der Waals surface area contributed by atoms with Gasteiger partial charge >= 0.3 is 0 Å². The SMILES string of the molecule is O=C1CC[C@@]2(CCCN(C(=O)c3ccc(O)cc3)C2)CN1CC1CC1. The predicted octanol–water partition coefficient (Wildman–Crippen LogP) is 2.65. The summed E-state index contributed by atoms with van der Waals surface area (Å²) in [5.41, 5.74) is 0.685. The molecule has 2 saturated heterocycles. The average molecular weight is 342 g/mol. The van der Waals surface area contributed by atoms with Gasteiger partial charge in [0.1, 0.15) is 5.75 Å². The van der Waals surface area contributed by atoms with Gasteiger partial charge in [-0.1, -0.05) is 0 Å². The molecule has 3 fully saturated rings. The van der Waals surface area contributed by atoms with Crippen molar-refractivity contribution in [2.45, 2.75) is 38.5 Å². The number of hydrogen-bond acceptors (Lipinski definition) is 3. The smallest absolute Gasteiger partial charge is 0.253 e. The lowest BCUT2D eigenvalue weighted by Crippen LogP contribution is -2.55. The van der Waals surface area contributed by atoms with Crippen LogP contribution in [0.25, 0.3) is 0 Å². The van der Waals surface area contributed by atoms with Crippen molar-refractivity contribution in [3.05, 3.63) is 29.8 Å². The van der Waals surface area contributed by atoms with E-state index in [0.29, 0.717) is 23.8 Å². The third kappa shape index (κ3) is 3.51. The minimum Gasteiger partial charge on any atom is -0.508 e. The van der Waals surface area contributed by atoms with Gasteiger partial charge in [-0.05, 0) is 62.3 Å². The molecule has 5 heteroatoms. The van der Waals surface area contributed by atoms with Crippen molar-refractivity contribution in [3.63, 3.8) is 0 Å². The molecule has 1 saturated carbocycles. The Balaban J connectivity index is 1.46. The zero-order valence-corrected chi connectivity index (χ0v) is 14.6. The fourth-order valence-electron chi connectivity index (χ4n) is 4.38. The van der Waals surface area contributed by atoms with Gasteiger partial charge in [0.2, 0.25) is 5.91 Å². The van der Waals surface area contributed by atoms with Crippen molar-refractivity contribution in [1.29, 1.82) is 0 Å². The predicted molar refractivity (Wildman–Crippen MR) is 94.2 cm³/mol. The summed E-state index contributed by atoms with van der Waals surface area (Å²) >= 11 is 0. The Morgan fingerprint density at radius 2 is 1.92 bits per heavy atom. The van der Waals surface area contributed by atoms with Gasteiger partial charge in [0.25, 0.3) is 5.91 Å². The Morgan fingerprint density at radius 3 is 2.64 bits per heavy atom. The summed E-state index contributed by atoms with van der Waals surface area (Å²) in [6.45, 7) is 3.23. The maximum atomic E-state index is 12.8. The average Bonchev–Trinajstić information content (AvgIpc) is 3.43. The van der Waals surface area contributed by atoms with E-state index in [2.05, 4.69) is 4.90 Å². The maximum Gasteiger partial charge on any atom is 0.253 e. The third-order valence-electron chi connectivity index (χ3n) is 5.99. The number of likely N-dealkylation sites (tertiary alicyclic amines) is 2. The molecule has 0 radical (unpaired) electrons. The van der Waals surface area contributed by atoms with Gasteiger partial charge in [0, 0.05) is 43.6 Å². The van der Waals surface area contributed by atoms with Gasteiger partial charge in [-0.3, -0.25) is 9.59 Å².